The van der Waals surface area contributed by atoms with Crippen molar-refractivity contribution in [3.8, 4) is 0 Å². The summed E-state index contributed by atoms with van der Waals surface area (Å²) in [4.78, 5) is 28.9. The summed E-state index contributed by atoms with van der Waals surface area (Å²) in [6.07, 6.45) is 0. The fraction of sp³-hybridized carbons (Fsp3) is 0.360. The number of hydrogen-bond acceptors (Lipinski definition) is 4. The second-order valence-electron chi connectivity index (χ2n) is 8.36. The van der Waals surface area contributed by atoms with Crippen molar-refractivity contribution in [3.63, 3.8) is 0 Å². The largest absolute Gasteiger partial charge is 0.872 e. The number of morpholine rings is 1. The molecule has 1 unspecified atom stereocenters. The number of nitrogens with one attached hydrogen (secondary N) is 1. The molecule has 6 nitrogen and oxygen atoms in total. The lowest BCUT2D eigenvalue weighted by Crippen LogP contribution is -3.14. The van der Waals surface area contributed by atoms with E-state index in [4.69, 9.17) is 4.74 Å². The maximum Gasteiger partial charge on any atom is 0.295 e. The molecule has 6 heteroatoms. The zero-order valence-electron chi connectivity index (χ0n) is 18.0. The maximum atomic E-state index is 13.4. The van der Waals surface area contributed by atoms with Crippen LogP contribution in [0.5, 0.6) is 0 Å². The highest BCUT2D eigenvalue weighted by atomic mass is 16.5. The molecule has 2 fully saturated rings. The zero-order chi connectivity index (χ0) is 22.0. The first kappa shape index (κ1) is 21.3. The summed E-state index contributed by atoms with van der Waals surface area (Å²) < 4.78 is 5.41. The van der Waals surface area contributed by atoms with Gasteiger partial charge in [-0.1, -0.05) is 65.4 Å². The summed E-state index contributed by atoms with van der Waals surface area (Å²) in [5.41, 5.74) is 3.38. The van der Waals surface area contributed by atoms with Crippen molar-refractivity contribution in [1.82, 2.24) is 4.90 Å². The van der Waals surface area contributed by atoms with Gasteiger partial charge in [-0.05, 0) is 25.0 Å². The molecular formula is C25H28N2O4. The molecule has 2 aliphatic heterocycles. The topological polar surface area (TPSA) is 74.1 Å². The molecule has 1 amide bonds. The number of carbonyl (C=O) groups is 2. The Morgan fingerprint density at radius 3 is 2.19 bits per heavy atom. The van der Waals surface area contributed by atoms with Crippen LogP contribution in [0.15, 0.2) is 54.1 Å². The van der Waals surface area contributed by atoms with Gasteiger partial charge < -0.3 is 19.6 Å². The van der Waals surface area contributed by atoms with Gasteiger partial charge in [0.25, 0.3) is 5.91 Å². The van der Waals surface area contributed by atoms with Crippen LogP contribution in [0.25, 0.3) is 5.76 Å². The molecule has 2 aromatic carbocycles. The minimum absolute atomic E-state index is 0.0506. The number of Topliss-reactive ketones (excluding diaryl/α,β-unsaturated/α-hetero) is 1. The van der Waals surface area contributed by atoms with Crippen molar-refractivity contribution in [2.75, 3.05) is 39.4 Å². The van der Waals surface area contributed by atoms with E-state index in [0.717, 1.165) is 36.3 Å². The van der Waals surface area contributed by atoms with Crippen LogP contribution in [-0.4, -0.2) is 56.0 Å². The van der Waals surface area contributed by atoms with E-state index in [1.165, 1.54) is 4.90 Å². The summed E-state index contributed by atoms with van der Waals surface area (Å²) in [7, 11) is 0. The van der Waals surface area contributed by atoms with Crippen LogP contribution in [0.2, 0.25) is 0 Å². The first-order valence-corrected chi connectivity index (χ1v) is 10.8. The van der Waals surface area contributed by atoms with Gasteiger partial charge in [0.2, 0.25) is 5.78 Å². The Kier molecular flexibility index (Phi) is 6.20. The van der Waals surface area contributed by atoms with E-state index in [9.17, 15) is 14.7 Å². The van der Waals surface area contributed by atoms with Crippen LogP contribution >= 0.6 is 0 Å². The Labute approximate surface area is 182 Å². The van der Waals surface area contributed by atoms with Crippen molar-refractivity contribution in [3.05, 3.63) is 76.4 Å². The minimum Gasteiger partial charge on any atom is -0.872 e. The van der Waals surface area contributed by atoms with E-state index in [-0.39, 0.29) is 11.3 Å². The second kappa shape index (κ2) is 9.04. The monoisotopic (exact) mass is 420 g/mol. The third-order valence-electron chi connectivity index (χ3n) is 6.14. The molecule has 2 saturated heterocycles. The van der Waals surface area contributed by atoms with E-state index in [1.807, 2.05) is 50.2 Å². The fourth-order valence-corrected chi connectivity index (χ4v) is 4.25. The van der Waals surface area contributed by atoms with Gasteiger partial charge in [-0.2, -0.15) is 0 Å². The molecule has 0 aromatic heterocycles. The van der Waals surface area contributed by atoms with Gasteiger partial charge in [0.1, 0.15) is 13.1 Å². The van der Waals surface area contributed by atoms with Gasteiger partial charge in [-0.3, -0.25) is 9.59 Å². The summed E-state index contributed by atoms with van der Waals surface area (Å²) in [5, 5.41) is 13.4. The molecule has 0 radical (unpaired) electrons. The number of quaternary nitrogens is 1. The van der Waals surface area contributed by atoms with E-state index in [0.29, 0.717) is 25.3 Å². The van der Waals surface area contributed by atoms with Gasteiger partial charge in [0, 0.05) is 5.57 Å². The van der Waals surface area contributed by atoms with Crippen LogP contribution in [0.1, 0.15) is 28.3 Å². The molecule has 2 aromatic rings. The number of likely N-dealkylation sites (tertiary alicyclic amines) is 1. The van der Waals surface area contributed by atoms with E-state index >= 15 is 0 Å². The standard InChI is InChI=1S/C25H28N2O4/c1-17-3-7-19(8-4-17)22-21(23(28)20-9-5-18(2)6-10-20)24(29)25(30)27(22)12-11-26-13-15-31-16-14-26/h3-10,22,28H,11-16H2,1-2H3. The summed E-state index contributed by atoms with van der Waals surface area (Å²) in [6.45, 7) is 8.22. The normalized spacial score (nSPS) is 21.6. The first-order chi connectivity index (χ1) is 15.0. The molecule has 0 saturated carbocycles. The molecule has 1 N–H and O–H groups in total. The molecule has 1 atom stereocenters. The average molecular weight is 421 g/mol. The van der Waals surface area contributed by atoms with Crippen LogP contribution in [0.4, 0.5) is 0 Å². The lowest BCUT2D eigenvalue weighted by molar-refractivity contribution is -0.907. The van der Waals surface area contributed by atoms with Crippen molar-refractivity contribution in [2.24, 2.45) is 0 Å². The van der Waals surface area contributed by atoms with Crippen LogP contribution in [-0.2, 0) is 14.3 Å². The molecule has 0 aliphatic carbocycles. The van der Waals surface area contributed by atoms with Crippen LogP contribution in [0, 0.1) is 13.8 Å². The van der Waals surface area contributed by atoms with Crippen molar-refractivity contribution < 1.29 is 24.3 Å². The van der Waals surface area contributed by atoms with Crippen LogP contribution < -0.4 is 10.0 Å². The Morgan fingerprint density at radius 2 is 1.58 bits per heavy atom. The quantitative estimate of drug-likeness (QED) is 0.433. The van der Waals surface area contributed by atoms with Gasteiger partial charge in [-0.25, -0.2) is 0 Å². The molecule has 31 heavy (non-hydrogen) atoms. The molecule has 0 bridgehead atoms. The molecule has 2 heterocycles. The molecule has 0 spiro atoms. The molecule has 2 aliphatic rings. The van der Waals surface area contributed by atoms with E-state index in [2.05, 4.69) is 0 Å². The van der Waals surface area contributed by atoms with Crippen molar-refractivity contribution in [1.29, 1.82) is 0 Å². The Morgan fingerprint density at radius 1 is 1.00 bits per heavy atom. The highest BCUT2D eigenvalue weighted by Crippen LogP contribution is 2.38. The summed E-state index contributed by atoms with van der Waals surface area (Å²) >= 11 is 0. The average Bonchev–Trinajstić information content (AvgIpc) is 3.04. The number of hydrogen-bond donors (Lipinski definition) is 1. The number of ether oxygens (including phenoxy) is 1. The maximum absolute atomic E-state index is 13.4. The predicted molar refractivity (Wildman–Crippen MR) is 115 cm³/mol. The molecule has 162 valence electrons. The Balaban J connectivity index is 1.72. The predicted octanol–water partition coefficient (Wildman–Crippen LogP) is 0.443. The van der Waals surface area contributed by atoms with Crippen LogP contribution in [0.3, 0.4) is 0 Å². The number of aryl methyl sites for hydroxylation is 2. The third-order valence-corrected chi connectivity index (χ3v) is 6.14. The third kappa shape index (κ3) is 4.40. The summed E-state index contributed by atoms with van der Waals surface area (Å²) in [5.74, 6) is -1.65. The highest BCUT2D eigenvalue weighted by molar-refractivity contribution is 6.46. The van der Waals surface area contributed by atoms with Crippen molar-refractivity contribution >= 4 is 17.4 Å². The SMILES string of the molecule is Cc1ccc(C([O-])=C2C(=O)C(=O)N(CC[NH+]3CCOCC3)C2c2ccc(C)cc2)cc1. The molecule has 4 rings (SSSR count). The highest BCUT2D eigenvalue weighted by Gasteiger charge is 2.44. The number of amides is 1. The number of benzene rings is 2. The van der Waals surface area contributed by atoms with Gasteiger partial charge >= 0.3 is 0 Å². The smallest absolute Gasteiger partial charge is 0.295 e. The fourth-order valence-electron chi connectivity index (χ4n) is 4.25. The number of carbonyl (C=O) groups excluding carboxylic acids is 2. The lowest BCUT2D eigenvalue weighted by Gasteiger charge is -2.30. The zero-order valence-corrected chi connectivity index (χ0v) is 18.0. The Bertz CT molecular complexity index is 989. The van der Waals surface area contributed by atoms with E-state index in [1.54, 1.807) is 17.0 Å². The second-order valence-corrected chi connectivity index (χ2v) is 8.36. The molecular weight excluding hydrogens is 392 g/mol. The van der Waals surface area contributed by atoms with Crippen molar-refractivity contribution in [2.45, 2.75) is 19.9 Å². The van der Waals surface area contributed by atoms with E-state index < -0.39 is 17.7 Å². The number of rotatable bonds is 5. The lowest BCUT2D eigenvalue weighted by atomic mass is 9.94. The first-order valence-electron chi connectivity index (χ1n) is 10.8. The number of nitrogens with zero attached hydrogens (tertiary/aromatic N) is 1. The van der Waals surface area contributed by atoms with Gasteiger partial charge in [0.05, 0.1) is 32.3 Å². The van der Waals surface area contributed by atoms with Gasteiger partial charge in [0.15, 0.2) is 0 Å². The number of ketones is 1. The van der Waals surface area contributed by atoms with Gasteiger partial charge in [-0.15, -0.1) is 0 Å². The Hall–Kier alpha value is -2.96. The summed E-state index contributed by atoms with van der Waals surface area (Å²) in [6, 6.07) is 14.2. The minimum atomic E-state index is -0.687.